The van der Waals surface area contributed by atoms with Crippen molar-refractivity contribution in [2.24, 2.45) is 5.92 Å². The number of carbonyl (C=O) groups is 1. The zero-order chi connectivity index (χ0) is 20.0. The number of hydrogen-bond acceptors (Lipinski definition) is 5. The van der Waals surface area contributed by atoms with Crippen molar-refractivity contribution < 1.29 is 22.9 Å². The van der Waals surface area contributed by atoms with E-state index in [-0.39, 0.29) is 24.6 Å². The number of likely N-dealkylation sites (tertiary alicyclic amines) is 1. The number of rotatable bonds is 7. The van der Waals surface area contributed by atoms with Crippen LogP contribution in [0.25, 0.3) is 0 Å². The SMILES string of the molecule is CNCC1CCN(C(=O)CCNc2ccc(C(F)(F)F)cc2[N+](=O)[O-])CC1. The number of hydrogen-bond donors (Lipinski definition) is 2. The highest BCUT2D eigenvalue weighted by Gasteiger charge is 2.33. The van der Waals surface area contributed by atoms with Gasteiger partial charge in [0.15, 0.2) is 0 Å². The third kappa shape index (κ3) is 5.81. The lowest BCUT2D eigenvalue weighted by Gasteiger charge is -2.32. The molecule has 2 rings (SSSR count). The number of benzene rings is 1. The van der Waals surface area contributed by atoms with Crippen LogP contribution in [0.3, 0.4) is 0 Å². The summed E-state index contributed by atoms with van der Waals surface area (Å²) in [5, 5.41) is 16.9. The highest BCUT2D eigenvalue weighted by molar-refractivity contribution is 5.77. The smallest absolute Gasteiger partial charge is 0.379 e. The molecule has 1 heterocycles. The van der Waals surface area contributed by atoms with Crippen LogP contribution in [0.15, 0.2) is 18.2 Å². The molecule has 10 heteroatoms. The van der Waals surface area contributed by atoms with Gasteiger partial charge in [-0.15, -0.1) is 0 Å². The molecule has 150 valence electrons. The highest BCUT2D eigenvalue weighted by Crippen LogP contribution is 2.34. The molecule has 0 atom stereocenters. The summed E-state index contributed by atoms with van der Waals surface area (Å²) in [5.41, 5.74) is -1.78. The molecule has 1 aliphatic rings. The highest BCUT2D eigenvalue weighted by atomic mass is 19.4. The molecule has 0 saturated carbocycles. The minimum atomic E-state index is -4.65. The zero-order valence-corrected chi connectivity index (χ0v) is 15.0. The fourth-order valence-corrected chi connectivity index (χ4v) is 3.15. The van der Waals surface area contributed by atoms with Crippen molar-refractivity contribution in [3.8, 4) is 0 Å². The van der Waals surface area contributed by atoms with Crippen molar-refractivity contribution in [2.45, 2.75) is 25.4 Å². The molecule has 0 aliphatic carbocycles. The lowest BCUT2D eigenvalue weighted by atomic mass is 9.96. The van der Waals surface area contributed by atoms with E-state index in [1.807, 2.05) is 7.05 Å². The first-order valence-electron chi connectivity index (χ1n) is 8.74. The maximum atomic E-state index is 12.7. The van der Waals surface area contributed by atoms with Crippen molar-refractivity contribution in [2.75, 3.05) is 38.5 Å². The number of anilines is 1. The average Bonchev–Trinajstić information content (AvgIpc) is 2.61. The van der Waals surface area contributed by atoms with Gasteiger partial charge in [-0.05, 0) is 44.5 Å². The van der Waals surface area contributed by atoms with E-state index in [2.05, 4.69) is 10.6 Å². The summed E-state index contributed by atoms with van der Waals surface area (Å²) in [5.74, 6) is 0.479. The van der Waals surface area contributed by atoms with Gasteiger partial charge in [-0.25, -0.2) is 0 Å². The lowest BCUT2D eigenvalue weighted by molar-refractivity contribution is -0.384. The van der Waals surface area contributed by atoms with Crippen LogP contribution in [0.2, 0.25) is 0 Å². The number of piperidine rings is 1. The van der Waals surface area contributed by atoms with Crippen molar-refractivity contribution in [3.63, 3.8) is 0 Å². The van der Waals surface area contributed by atoms with Crippen LogP contribution >= 0.6 is 0 Å². The third-order valence-corrected chi connectivity index (χ3v) is 4.64. The molecule has 0 radical (unpaired) electrons. The molecule has 27 heavy (non-hydrogen) atoms. The monoisotopic (exact) mass is 388 g/mol. The molecule has 7 nitrogen and oxygen atoms in total. The molecular weight excluding hydrogens is 365 g/mol. The van der Waals surface area contributed by atoms with Gasteiger partial charge in [0.25, 0.3) is 5.69 Å². The van der Waals surface area contributed by atoms with Gasteiger partial charge in [0, 0.05) is 32.1 Å². The van der Waals surface area contributed by atoms with E-state index >= 15 is 0 Å². The van der Waals surface area contributed by atoms with E-state index in [1.165, 1.54) is 0 Å². The summed E-state index contributed by atoms with van der Waals surface area (Å²) in [6.45, 7) is 2.37. The fourth-order valence-electron chi connectivity index (χ4n) is 3.15. The quantitative estimate of drug-likeness (QED) is 0.554. The van der Waals surface area contributed by atoms with Gasteiger partial charge < -0.3 is 15.5 Å². The second-order valence-corrected chi connectivity index (χ2v) is 6.55. The summed E-state index contributed by atoms with van der Waals surface area (Å²) in [7, 11) is 1.89. The second kappa shape index (κ2) is 9.03. The van der Waals surface area contributed by atoms with Crippen molar-refractivity contribution in [3.05, 3.63) is 33.9 Å². The fraction of sp³-hybridized carbons (Fsp3) is 0.588. The number of amides is 1. The maximum absolute atomic E-state index is 12.7. The Labute approximate surface area is 155 Å². The first kappa shape index (κ1) is 20.9. The molecule has 1 amide bonds. The van der Waals surface area contributed by atoms with Crippen LogP contribution in [0.1, 0.15) is 24.8 Å². The van der Waals surface area contributed by atoms with E-state index in [0.29, 0.717) is 25.1 Å². The molecular formula is C17H23F3N4O3. The first-order chi connectivity index (χ1) is 12.7. The number of carbonyl (C=O) groups excluding carboxylic acids is 1. The third-order valence-electron chi connectivity index (χ3n) is 4.64. The Bertz CT molecular complexity index is 674. The van der Waals surface area contributed by atoms with Crippen LogP contribution in [0.5, 0.6) is 0 Å². The van der Waals surface area contributed by atoms with Gasteiger partial charge in [-0.1, -0.05) is 0 Å². The Morgan fingerprint density at radius 3 is 2.56 bits per heavy atom. The number of nitrogens with zero attached hydrogens (tertiary/aromatic N) is 2. The Kier molecular flexibility index (Phi) is 7.00. The number of nitrogens with one attached hydrogen (secondary N) is 2. The Morgan fingerprint density at radius 2 is 2.00 bits per heavy atom. The van der Waals surface area contributed by atoms with E-state index in [4.69, 9.17) is 0 Å². The molecule has 0 unspecified atom stereocenters. The van der Waals surface area contributed by atoms with Gasteiger partial charge in [0.1, 0.15) is 5.69 Å². The predicted octanol–water partition coefficient (Wildman–Crippen LogP) is 2.87. The van der Waals surface area contributed by atoms with Crippen molar-refractivity contribution in [1.82, 2.24) is 10.2 Å². The molecule has 1 aromatic rings. The van der Waals surface area contributed by atoms with E-state index in [1.54, 1.807) is 4.90 Å². The largest absolute Gasteiger partial charge is 0.416 e. The van der Waals surface area contributed by atoms with Gasteiger partial charge in [-0.2, -0.15) is 13.2 Å². The molecule has 1 fully saturated rings. The summed E-state index contributed by atoms with van der Waals surface area (Å²) >= 11 is 0. The summed E-state index contributed by atoms with van der Waals surface area (Å²) in [6.07, 6.45) is -2.69. The molecule has 1 aliphatic heterocycles. The van der Waals surface area contributed by atoms with Gasteiger partial charge >= 0.3 is 6.18 Å². The lowest BCUT2D eigenvalue weighted by Crippen LogP contribution is -2.40. The van der Waals surface area contributed by atoms with E-state index < -0.39 is 22.4 Å². The van der Waals surface area contributed by atoms with Crippen LogP contribution in [-0.4, -0.2) is 49.0 Å². The van der Waals surface area contributed by atoms with Crippen molar-refractivity contribution in [1.29, 1.82) is 0 Å². The Hall–Kier alpha value is -2.36. The summed E-state index contributed by atoms with van der Waals surface area (Å²) in [6, 6.07) is 2.30. The van der Waals surface area contributed by atoms with Crippen LogP contribution in [0.4, 0.5) is 24.5 Å². The number of alkyl halides is 3. The van der Waals surface area contributed by atoms with Gasteiger partial charge in [-0.3, -0.25) is 14.9 Å². The van der Waals surface area contributed by atoms with E-state index in [0.717, 1.165) is 31.5 Å². The number of halogens is 3. The Morgan fingerprint density at radius 1 is 1.33 bits per heavy atom. The van der Waals surface area contributed by atoms with Crippen molar-refractivity contribution >= 4 is 17.3 Å². The van der Waals surface area contributed by atoms with Crippen LogP contribution in [-0.2, 0) is 11.0 Å². The van der Waals surface area contributed by atoms with Crippen LogP contribution < -0.4 is 10.6 Å². The van der Waals surface area contributed by atoms with Gasteiger partial charge in [0.05, 0.1) is 10.5 Å². The standard InChI is InChI=1S/C17H23F3N4O3/c1-21-11-12-5-8-23(9-6-12)16(25)4-7-22-14-3-2-13(17(18,19)20)10-15(14)24(26)27/h2-3,10,12,21-22H,4-9,11H2,1H3. The zero-order valence-electron chi connectivity index (χ0n) is 15.0. The number of nitro benzene ring substituents is 1. The number of nitro groups is 1. The minimum absolute atomic E-state index is 0.0338. The molecule has 1 aromatic carbocycles. The first-order valence-corrected chi connectivity index (χ1v) is 8.74. The van der Waals surface area contributed by atoms with Crippen LogP contribution in [0, 0.1) is 16.0 Å². The van der Waals surface area contributed by atoms with Gasteiger partial charge in [0.2, 0.25) is 5.91 Å². The summed E-state index contributed by atoms with van der Waals surface area (Å²) in [4.78, 5) is 24.2. The average molecular weight is 388 g/mol. The summed E-state index contributed by atoms with van der Waals surface area (Å²) < 4.78 is 38.1. The molecule has 0 bridgehead atoms. The predicted molar refractivity (Wildman–Crippen MR) is 94.4 cm³/mol. The molecule has 0 spiro atoms. The topological polar surface area (TPSA) is 87.5 Å². The second-order valence-electron chi connectivity index (χ2n) is 6.55. The normalized spacial score (nSPS) is 15.6. The maximum Gasteiger partial charge on any atom is 0.416 e. The van der Waals surface area contributed by atoms with E-state index in [9.17, 15) is 28.1 Å². The minimum Gasteiger partial charge on any atom is -0.379 e. The molecule has 1 saturated heterocycles. The molecule has 2 N–H and O–H groups in total. The molecule has 0 aromatic heterocycles. The Balaban J connectivity index is 1.89.